The third-order valence-corrected chi connectivity index (χ3v) is 3.65. The number of ether oxygens (including phenoxy) is 1. The van der Waals surface area contributed by atoms with Crippen LogP contribution >= 0.6 is 15.9 Å². The zero-order chi connectivity index (χ0) is 15.6. The van der Waals surface area contributed by atoms with Gasteiger partial charge in [-0.05, 0) is 35.4 Å². The molecular weight excluding hydrogens is 349 g/mol. The Morgan fingerprint density at radius 1 is 1.10 bits per heavy atom. The van der Waals surface area contributed by atoms with E-state index < -0.39 is 11.7 Å². The van der Waals surface area contributed by atoms with Gasteiger partial charge in [0.05, 0.1) is 18.2 Å². The number of rotatable bonds is 3. The summed E-state index contributed by atoms with van der Waals surface area (Å²) in [5.74, 6) is 0.377. The lowest BCUT2D eigenvalue weighted by molar-refractivity contribution is -0.138. The highest BCUT2D eigenvalue weighted by molar-refractivity contribution is 9.10. The first kappa shape index (κ1) is 15.6. The quantitative estimate of drug-likeness (QED) is 0.725. The van der Waals surface area contributed by atoms with Crippen LogP contribution < -0.4 is 4.74 Å². The SMILES string of the molecule is COc1ccc(-c2ccc(Br)c(C(F)(F)F)c2)cc1C=O. The van der Waals surface area contributed by atoms with Crippen LogP contribution in [0.15, 0.2) is 40.9 Å². The normalized spacial score (nSPS) is 11.3. The third kappa shape index (κ3) is 3.26. The second kappa shape index (κ2) is 5.89. The Balaban J connectivity index is 2.55. The maximum Gasteiger partial charge on any atom is 0.417 e. The fourth-order valence-corrected chi connectivity index (χ4v) is 2.40. The lowest BCUT2D eigenvalue weighted by Gasteiger charge is -2.12. The Bertz CT molecular complexity index is 681. The van der Waals surface area contributed by atoms with Crippen molar-refractivity contribution in [3.05, 3.63) is 52.0 Å². The smallest absolute Gasteiger partial charge is 0.417 e. The summed E-state index contributed by atoms with van der Waals surface area (Å²) in [4.78, 5) is 11.0. The van der Waals surface area contributed by atoms with Gasteiger partial charge in [-0.25, -0.2) is 0 Å². The predicted octanol–water partition coefficient (Wildman–Crippen LogP) is 4.96. The number of methoxy groups -OCH3 is 1. The Hall–Kier alpha value is -1.82. The standard InChI is InChI=1S/C15H10BrF3O2/c1-21-14-5-3-9(6-11(14)8-20)10-2-4-13(16)12(7-10)15(17,18)19/h2-8H,1H3. The number of carbonyl (C=O) groups is 1. The molecule has 0 radical (unpaired) electrons. The van der Waals surface area contributed by atoms with E-state index in [9.17, 15) is 18.0 Å². The van der Waals surface area contributed by atoms with E-state index in [4.69, 9.17) is 4.74 Å². The molecule has 0 aliphatic heterocycles. The highest BCUT2D eigenvalue weighted by atomic mass is 79.9. The molecular formula is C15H10BrF3O2. The maximum atomic E-state index is 12.9. The van der Waals surface area contributed by atoms with E-state index in [-0.39, 0.29) is 10.0 Å². The molecule has 0 bridgehead atoms. The average Bonchev–Trinajstić information content (AvgIpc) is 2.45. The molecule has 0 aromatic heterocycles. The number of carbonyl (C=O) groups excluding carboxylic acids is 1. The third-order valence-electron chi connectivity index (χ3n) is 2.96. The lowest BCUT2D eigenvalue weighted by atomic mass is 10.0. The van der Waals surface area contributed by atoms with Crippen molar-refractivity contribution in [2.75, 3.05) is 7.11 Å². The van der Waals surface area contributed by atoms with Crippen LogP contribution in [-0.4, -0.2) is 13.4 Å². The fourth-order valence-electron chi connectivity index (χ4n) is 1.93. The van der Waals surface area contributed by atoms with Crippen molar-refractivity contribution in [1.82, 2.24) is 0 Å². The summed E-state index contributed by atoms with van der Waals surface area (Å²) in [5, 5.41) is 0. The van der Waals surface area contributed by atoms with Gasteiger partial charge in [0.2, 0.25) is 0 Å². The molecule has 2 nitrogen and oxygen atoms in total. The zero-order valence-electron chi connectivity index (χ0n) is 10.9. The summed E-state index contributed by atoms with van der Waals surface area (Å²) < 4.78 is 43.7. The number of hydrogen-bond acceptors (Lipinski definition) is 2. The molecule has 0 aliphatic carbocycles. The van der Waals surface area contributed by atoms with Crippen molar-refractivity contribution < 1.29 is 22.7 Å². The number of halogens is 4. The maximum absolute atomic E-state index is 12.9. The highest BCUT2D eigenvalue weighted by Crippen LogP contribution is 2.37. The number of aldehydes is 1. The monoisotopic (exact) mass is 358 g/mol. The van der Waals surface area contributed by atoms with Gasteiger partial charge in [0.25, 0.3) is 0 Å². The van der Waals surface area contributed by atoms with Crippen LogP contribution in [0.1, 0.15) is 15.9 Å². The molecule has 2 rings (SSSR count). The second-order valence-electron chi connectivity index (χ2n) is 4.27. The van der Waals surface area contributed by atoms with E-state index in [2.05, 4.69) is 15.9 Å². The molecule has 0 atom stereocenters. The van der Waals surface area contributed by atoms with Crippen LogP contribution in [0.2, 0.25) is 0 Å². The van der Waals surface area contributed by atoms with Crippen LogP contribution in [0.25, 0.3) is 11.1 Å². The van der Waals surface area contributed by atoms with Crippen LogP contribution in [0.5, 0.6) is 5.75 Å². The largest absolute Gasteiger partial charge is 0.496 e. The summed E-state index contributed by atoms with van der Waals surface area (Å²) in [6, 6.07) is 8.58. The summed E-state index contributed by atoms with van der Waals surface area (Å²) >= 11 is 2.89. The van der Waals surface area contributed by atoms with Gasteiger partial charge in [-0.2, -0.15) is 13.2 Å². The van der Waals surface area contributed by atoms with Crippen molar-refractivity contribution >= 4 is 22.2 Å². The molecule has 0 fully saturated rings. The minimum Gasteiger partial charge on any atom is -0.496 e. The van der Waals surface area contributed by atoms with Crippen LogP contribution in [0.3, 0.4) is 0 Å². The van der Waals surface area contributed by atoms with E-state index in [0.717, 1.165) is 6.07 Å². The predicted molar refractivity (Wildman–Crippen MR) is 76.5 cm³/mol. The Labute approximate surface area is 127 Å². The van der Waals surface area contributed by atoms with E-state index in [0.29, 0.717) is 23.2 Å². The van der Waals surface area contributed by atoms with Gasteiger partial charge in [0.15, 0.2) is 6.29 Å². The van der Waals surface area contributed by atoms with Gasteiger partial charge < -0.3 is 4.74 Å². The molecule has 0 amide bonds. The molecule has 0 aliphatic rings. The first-order valence-electron chi connectivity index (χ1n) is 5.87. The van der Waals surface area contributed by atoms with Gasteiger partial charge in [-0.15, -0.1) is 0 Å². The van der Waals surface area contributed by atoms with Gasteiger partial charge >= 0.3 is 6.18 Å². The molecule has 0 saturated carbocycles. The highest BCUT2D eigenvalue weighted by Gasteiger charge is 2.33. The summed E-state index contributed by atoms with van der Waals surface area (Å²) in [5.41, 5.74) is 0.405. The van der Waals surface area contributed by atoms with Crippen molar-refractivity contribution in [1.29, 1.82) is 0 Å². The van der Waals surface area contributed by atoms with Crippen LogP contribution in [-0.2, 0) is 6.18 Å². The van der Waals surface area contributed by atoms with Gasteiger partial charge in [-0.1, -0.05) is 28.1 Å². The second-order valence-corrected chi connectivity index (χ2v) is 5.12. The first-order chi connectivity index (χ1) is 9.86. The van der Waals surface area contributed by atoms with Crippen molar-refractivity contribution in [3.63, 3.8) is 0 Å². The Kier molecular flexibility index (Phi) is 4.37. The molecule has 0 N–H and O–H groups in total. The zero-order valence-corrected chi connectivity index (χ0v) is 12.5. The summed E-state index contributed by atoms with van der Waals surface area (Å²) in [6.07, 6.45) is -3.85. The minimum absolute atomic E-state index is 0.0251. The fraction of sp³-hybridized carbons (Fsp3) is 0.133. The lowest BCUT2D eigenvalue weighted by Crippen LogP contribution is -2.06. The number of alkyl halides is 3. The molecule has 2 aromatic rings. The molecule has 0 spiro atoms. The Morgan fingerprint density at radius 3 is 2.29 bits per heavy atom. The van der Waals surface area contributed by atoms with Crippen molar-refractivity contribution in [2.24, 2.45) is 0 Å². The summed E-state index contributed by atoms with van der Waals surface area (Å²) in [6.45, 7) is 0. The molecule has 21 heavy (non-hydrogen) atoms. The number of hydrogen-bond donors (Lipinski definition) is 0. The van der Waals surface area contributed by atoms with Gasteiger partial charge in [0.1, 0.15) is 5.75 Å². The molecule has 0 unspecified atom stereocenters. The van der Waals surface area contributed by atoms with E-state index in [1.54, 1.807) is 18.2 Å². The molecule has 0 heterocycles. The summed E-state index contributed by atoms with van der Waals surface area (Å²) in [7, 11) is 1.42. The van der Waals surface area contributed by atoms with Crippen molar-refractivity contribution in [3.8, 4) is 16.9 Å². The minimum atomic E-state index is -4.45. The van der Waals surface area contributed by atoms with Crippen LogP contribution in [0, 0.1) is 0 Å². The molecule has 0 saturated heterocycles. The molecule has 110 valence electrons. The number of benzene rings is 2. The topological polar surface area (TPSA) is 26.3 Å². The van der Waals surface area contributed by atoms with Crippen LogP contribution in [0.4, 0.5) is 13.2 Å². The molecule has 6 heteroatoms. The van der Waals surface area contributed by atoms with E-state index in [1.807, 2.05) is 0 Å². The molecule has 2 aromatic carbocycles. The average molecular weight is 359 g/mol. The first-order valence-corrected chi connectivity index (χ1v) is 6.66. The van der Waals surface area contributed by atoms with E-state index in [1.165, 1.54) is 19.2 Å². The Morgan fingerprint density at radius 2 is 1.71 bits per heavy atom. The van der Waals surface area contributed by atoms with Gasteiger partial charge in [-0.3, -0.25) is 4.79 Å². The van der Waals surface area contributed by atoms with Crippen molar-refractivity contribution in [2.45, 2.75) is 6.18 Å². The van der Waals surface area contributed by atoms with Gasteiger partial charge in [0, 0.05) is 4.47 Å². The van der Waals surface area contributed by atoms with E-state index >= 15 is 0 Å².